The maximum Gasteiger partial charge on any atom is 0.0803 e. The van der Waals surface area contributed by atoms with Crippen molar-refractivity contribution in [3.05, 3.63) is 60.3 Å². The van der Waals surface area contributed by atoms with Crippen LogP contribution in [0.15, 0.2) is 54.7 Å². The summed E-state index contributed by atoms with van der Waals surface area (Å²) in [5.74, 6) is 0. The Labute approximate surface area is 112 Å². The maximum absolute atomic E-state index is 6.18. The number of pyridine rings is 1. The molecule has 3 aromatic rings. The van der Waals surface area contributed by atoms with Gasteiger partial charge in [-0.05, 0) is 29.5 Å². The third-order valence-corrected chi connectivity index (χ3v) is 3.47. The summed E-state index contributed by atoms with van der Waals surface area (Å²) in [6, 6.07) is 16.4. The van der Waals surface area contributed by atoms with E-state index in [9.17, 15) is 0 Å². The van der Waals surface area contributed by atoms with E-state index in [0.29, 0.717) is 0 Å². The average Bonchev–Trinajstić information content (AvgIpc) is 2.46. The zero-order valence-corrected chi connectivity index (χ0v) is 10.9. The molecular formula is C17H16N2. The molecule has 0 unspecified atom stereocenters. The zero-order chi connectivity index (χ0) is 13.2. The molecule has 0 amide bonds. The Morgan fingerprint density at radius 2 is 1.84 bits per heavy atom. The summed E-state index contributed by atoms with van der Waals surface area (Å²) in [5.41, 5.74) is 10.3. The van der Waals surface area contributed by atoms with Crippen molar-refractivity contribution in [2.75, 3.05) is 5.73 Å². The van der Waals surface area contributed by atoms with Crippen molar-refractivity contribution in [1.82, 2.24) is 4.98 Å². The first-order chi connectivity index (χ1) is 9.31. The molecule has 94 valence electrons. The Morgan fingerprint density at radius 3 is 2.68 bits per heavy atom. The molecule has 2 aromatic carbocycles. The third kappa shape index (κ3) is 1.95. The molecule has 2 N–H and O–H groups in total. The highest BCUT2D eigenvalue weighted by atomic mass is 14.7. The molecule has 0 saturated carbocycles. The number of hydrogen-bond donors (Lipinski definition) is 1. The summed E-state index contributed by atoms with van der Waals surface area (Å²) >= 11 is 0. The summed E-state index contributed by atoms with van der Waals surface area (Å²) in [6.45, 7) is 2.14. The minimum atomic E-state index is 0.795. The Hall–Kier alpha value is -2.35. The lowest BCUT2D eigenvalue weighted by Crippen LogP contribution is -1.97. The van der Waals surface area contributed by atoms with Crippen molar-refractivity contribution < 1.29 is 0 Å². The molecular weight excluding hydrogens is 232 g/mol. The molecule has 0 saturated heterocycles. The Balaban J connectivity index is 2.37. The summed E-state index contributed by atoms with van der Waals surface area (Å²) < 4.78 is 0. The topological polar surface area (TPSA) is 38.9 Å². The van der Waals surface area contributed by atoms with Crippen molar-refractivity contribution >= 4 is 16.5 Å². The van der Waals surface area contributed by atoms with E-state index in [1.165, 1.54) is 10.9 Å². The van der Waals surface area contributed by atoms with Gasteiger partial charge in [-0.1, -0.05) is 43.3 Å². The van der Waals surface area contributed by atoms with E-state index in [-0.39, 0.29) is 0 Å². The molecule has 2 nitrogen and oxygen atoms in total. The van der Waals surface area contributed by atoms with Gasteiger partial charge in [-0.25, -0.2) is 0 Å². The molecule has 1 heterocycles. The minimum absolute atomic E-state index is 0.795. The normalized spacial score (nSPS) is 10.8. The van der Waals surface area contributed by atoms with Gasteiger partial charge in [-0.15, -0.1) is 0 Å². The predicted octanol–water partition coefficient (Wildman–Crippen LogP) is 4.05. The van der Waals surface area contributed by atoms with Crippen molar-refractivity contribution in [2.24, 2.45) is 0 Å². The summed E-state index contributed by atoms with van der Waals surface area (Å²) in [6.07, 6.45) is 2.80. The van der Waals surface area contributed by atoms with Gasteiger partial charge in [-0.3, -0.25) is 4.98 Å². The molecule has 3 rings (SSSR count). The van der Waals surface area contributed by atoms with Gasteiger partial charge in [0.25, 0.3) is 0 Å². The van der Waals surface area contributed by atoms with E-state index >= 15 is 0 Å². The number of rotatable bonds is 2. The van der Waals surface area contributed by atoms with Crippen LogP contribution < -0.4 is 5.73 Å². The maximum atomic E-state index is 6.18. The van der Waals surface area contributed by atoms with Crippen LogP contribution in [0.4, 0.5) is 5.69 Å². The second kappa shape index (κ2) is 4.73. The average molecular weight is 248 g/mol. The molecule has 19 heavy (non-hydrogen) atoms. The molecule has 1 aromatic heterocycles. The number of anilines is 1. The van der Waals surface area contributed by atoms with Crippen LogP contribution in [0, 0.1) is 0 Å². The molecule has 0 aliphatic heterocycles. The van der Waals surface area contributed by atoms with Crippen LogP contribution in [0.5, 0.6) is 0 Å². The first kappa shape index (κ1) is 11.7. The Kier molecular flexibility index (Phi) is 2.92. The lowest BCUT2D eigenvalue weighted by Gasteiger charge is -2.12. The molecule has 0 fully saturated rings. The van der Waals surface area contributed by atoms with Crippen molar-refractivity contribution in [3.8, 4) is 11.3 Å². The van der Waals surface area contributed by atoms with Crippen LogP contribution in [-0.2, 0) is 6.42 Å². The first-order valence-corrected chi connectivity index (χ1v) is 6.52. The van der Waals surface area contributed by atoms with Crippen LogP contribution in [0.2, 0.25) is 0 Å². The van der Waals surface area contributed by atoms with Crippen LogP contribution in [0.3, 0.4) is 0 Å². The van der Waals surface area contributed by atoms with Gasteiger partial charge in [0.15, 0.2) is 0 Å². The first-order valence-electron chi connectivity index (χ1n) is 6.52. The van der Waals surface area contributed by atoms with Crippen LogP contribution >= 0.6 is 0 Å². The van der Waals surface area contributed by atoms with Crippen molar-refractivity contribution in [1.29, 1.82) is 0 Å². The fourth-order valence-corrected chi connectivity index (χ4v) is 2.52. The smallest absolute Gasteiger partial charge is 0.0803 e. The zero-order valence-electron chi connectivity index (χ0n) is 10.9. The molecule has 0 aliphatic rings. The van der Waals surface area contributed by atoms with E-state index in [0.717, 1.165) is 28.8 Å². The highest BCUT2D eigenvalue weighted by Gasteiger charge is 2.11. The summed E-state index contributed by atoms with van der Waals surface area (Å²) in [4.78, 5) is 4.57. The predicted molar refractivity (Wildman–Crippen MR) is 81.0 cm³/mol. The number of aromatic nitrogens is 1. The second-order valence-corrected chi connectivity index (χ2v) is 4.62. The van der Waals surface area contributed by atoms with E-state index in [2.05, 4.69) is 30.1 Å². The number of aryl methyl sites for hydroxylation is 1. The van der Waals surface area contributed by atoms with Gasteiger partial charge in [-0.2, -0.15) is 0 Å². The molecule has 0 bridgehead atoms. The highest BCUT2D eigenvalue weighted by Crippen LogP contribution is 2.33. The summed E-state index contributed by atoms with van der Waals surface area (Å²) in [5, 5.41) is 2.34. The van der Waals surface area contributed by atoms with Crippen LogP contribution in [-0.4, -0.2) is 4.98 Å². The quantitative estimate of drug-likeness (QED) is 0.695. The SMILES string of the molecule is CCc1cccc(N)c1-c1nccc2ccccc12. The minimum Gasteiger partial charge on any atom is -0.398 e. The van der Waals surface area contributed by atoms with Crippen molar-refractivity contribution in [3.63, 3.8) is 0 Å². The van der Waals surface area contributed by atoms with Gasteiger partial charge in [0, 0.05) is 22.8 Å². The van der Waals surface area contributed by atoms with Gasteiger partial charge in [0.1, 0.15) is 0 Å². The lowest BCUT2D eigenvalue weighted by molar-refractivity contribution is 1.14. The van der Waals surface area contributed by atoms with Gasteiger partial charge >= 0.3 is 0 Å². The van der Waals surface area contributed by atoms with E-state index in [4.69, 9.17) is 5.73 Å². The number of nitrogen functional groups attached to an aromatic ring is 1. The van der Waals surface area contributed by atoms with E-state index in [1.54, 1.807) is 0 Å². The monoisotopic (exact) mass is 248 g/mol. The fourth-order valence-electron chi connectivity index (χ4n) is 2.52. The van der Waals surface area contributed by atoms with Crippen LogP contribution in [0.1, 0.15) is 12.5 Å². The Morgan fingerprint density at radius 1 is 1.00 bits per heavy atom. The Bertz CT molecular complexity index is 727. The number of fused-ring (bicyclic) bond motifs is 1. The van der Waals surface area contributed by atoms with Gasteiger partial charge in [0.05, 0.1) is 5.69 Å². The third-order valence-electron chi connectivity index (χ3n) is 3.47. The summed E-state index contributed by atoms with van der Waals surface area (Å²) in [7, 11) is 0. The molecule has 0 aliphatic carbocycles. The molecule has 0 atom stereocenters. The molecule has 0 spiro atoms. The number of hydrogen-bond acceptors (Lipinski definition) is 2. The number of nitrogens with zero attached hydrogens (tertiary/aromatic N) is 1. The molecule has 2 heteroatoms. The highest BCUT2D eigenvalue weighted by molar-refractivity contribution is 5.97. The van der Waals surface area contributed by atoms with Gasteiger partial charge in [0.2, 0.25) is 0 Å². The van der Waals surface area contributed by atoms with Gasteiger partial charge < -0.3 is 5.73 Å². The lowest BCUT2D eigenvalue weighted by atomic mass is 9.96. The largest absolute Gasteiger partial charge is 0.398 e. The molecule has 0 radical (unpaired) electrons. The second-order valence-electron chi connectivity index (χ2n) is 4.62. The number of benzene rings is 2. The fraction of sp³-hybridized carbons (Fsp3) is 0.118. The van der Waals surface area contributed by atoms with Crippen LogP contribution in [0.25, 0.3) is 22.0 Å². The number of nitrogens with two attached hydrogens (primary N) is 1. The van der Waals surface area contributed by atoms with Crippen molar-refractivity contribution in [2.45, 2.75) is 13.3 Å². The van der Waals surface area contributed by atoms with E-state index in [1.807, 2.05) is 36.5 Å². The van der Waals surface area contributed by atoms with E-state index < -0.39 is 0 Å². The standard InChI is InChI=1S/C17H16N2/c1-2-12-7-5-9-15(18)16(12)17-14-8-4-3-6-13(14)10-11-19-17/h3-11H,2,18H2,1H3.